The molecule has 0 unspecified atom stereocenters. The summed E-state index contributed by atoms with van der Waals surface area (Å²) in [6, 6.07) is 14.2. The second-order valence-electron chi connectivity index (χ2n) is 7.24. The third kappa shape index (κ3) is 4.45. The van der Waals surface area contributed by atoms with Gasteiger partial charge in [0.05, 0.1) is 0 Å². The number of carboxylic acids is 1. The molecule has 0 aliphatic heterocycles. The van der Waals surface area contributed by atoms with E-state index in [-0.39, 0.29) is 18.9 Å². The van der Waals surface area contributed by atoms with Crippen LogP contribution in [0, 0.1) is 0 Å². The summed E-state index contributed by atoms with van der Waals surface area (Å²) >= 11 is 0. The maximum atomic E-state index is 12.4. The van der Waals surface area contributed by atoms with Gasteiger partial charge < -0.3 is 20.5 Å². The summed E-state index contributed by atoms with van der Waals surface area (Å²) in [6.07, 6.45) is -0.142. The van der Waals surface area contributed by atoms with Crippen LogP contribution >= 0.6 is 0 Å². The maximum Gasteiger partial charge on any atom is 0.407 e. The highest BCUT2D eigenvalue weighted by atomic mass is 16.5. The number of amides is 2. The van der Waals surface area contributed by atoms with E-state index < -0.39 is 30.1 Å². The molecule has 2 aromatic carbocycles. The fraction of sp³-hybridized carbons (Fsp3) is 0.348. The third-order valence-corrected chi connectivity index (χ3v) is 5.38. The molecule has 0 heterocycles. The molecule has 0 radical (unpaired) electrons. The third-order valence-electron chi connectivity index (χ3n) is 5.38. The summed E-state index contributed by atoms with van der Waals surface area (Å²) < 4.78 is 5.45. The van der Waals surface area contributed by atoms with Crippen molar-refractivity contribution in [2.75, 3.05) is 6.61 Å². The van der Waals surface area contributed by atoms with Gasteiger partial charge in [0.25, 0.3) is 0 Å². The fourth-order valence-electron chi connectivity index (χ4n) is 3.75. The zero-order chi connectivity index (χ0) is 21.7. The molecule has 0 saturated carbocycles. The first-order valence-electron chi connectivity index (χ1n) is 10.1. The smallest absolute Gasteiger partial charge is 0.407 e. The standard InChI is InChI=1S/C23H26N2O5/c1-3-19(21(26)24-20(4-2)22(27)28)25-23(29)30-13-18-16-11-7-5-9-14(16)15-10-6-8-12-17(15)18/h5-12,18-20H,3-4,13H2,1-2H3,(H,24,26)(H,25,29)(H,27,28)/t19-,20-/m0/s1. The van der Waals surface area contributed by atoms with Crippen molar-refractivity contribution in [3.05, 3.63) is 59.7 Å². The summed E-state index contributed by atoms with van der Waals surface area (Å²) in [7, 11) is 0. The molecule has 2 amide bonds. The lowest BCUT2D eigenvalue weighted by Gasteiger charge is -2.20. The van der Waals surface area contributed by atoms with Gasteiger partial charge in [0.2, 0.25) is 5.91 Å². The molecule has 1 aliphatic rings. The van der Waals surface area contributed by atoms with E-state index in [0.29, 0.717) is 6.42 Å². The van der Waals surface area contributed by atoms with Gasteiger partial charge in [0.15, 0.2) is 0 Å². The Morgan fingerprint density at radius 3 is 1.93 bits per heavy atom. The topological polar surface area (TPSA) is 105 Å². The molecular weight excluding hydrogens is 384 g/mol. The number of benzene rings is 2. The lowest BCUT2D eigenvalue weighted by Crippen LogP contribution is -2.51. The normalized spacial score (nSPS) is 14.2. The molecule has 0 bridgehead atoms. The van der Waals surface area contributed by atoms with E-state index in [9.17, 15) is 14.4 Å². The van der Waals surface area contributed by atoms with Crippen LogP contribution < -0.4 is 10.6 Å². The Labute approximate surface area is 175 Å². The van der Waals surface area contributed by atoms with Gasteiger partial charge in [-0.15, -0.1) is 0 Å². The molecule has 158 valence electrons. The van der Waals surface area contributed by atoms with Crippen LogP contribution in [-0.4, -0.2) is 41.8 Å². The number of alkyl carbamates (subject to hydrolysis) is 1. The number of carboxylic acid groups (broad SMARTS) is 1. The monoisotopic (exact) mass is 410 g/mol. The first kappa shape index (κ1) is 21.4. The first-order valence-corrected chi connectivity index (χ1v) is 10.1. The van der Waals surface area contributed by atoms with Crippen LogP contribution in [0.15, 0.2) is 48.5 Å². The van der Waals surface area contributed by atoms with Crippen LogP contribution in [0.1, 0.15) is 43.7 Å². The van der Waals surface area contributed by atoms with Crippen LogP contribution in [0.25, 0.3) is 11.1 Å². The number of ether oxygens (including phenoxy) is 1. The van der Waals surface area contributed by atoms with Gasteiger partial charge in [-0.1, -0.05) is 62.4 Å². The quantitative estimate of drug-likeness (QED) is 0.619. The zero-order valence-corrected chi connectivity index (χ0v) is 17.1. The molecule has 30 heavy (non-hydrogen) atoms. The number of fused-ring (bicyclic) bond motifs is 3. The van der Waals surface area contributed by atoms with Gasteiger partial charge in [-0.2, -0.15) is 0 Å². The first-order chi connectivity index (χ1) is 14.5. The van der Waals surface area contributed by atoms with Crippen LogP contribution in [0.4, 0.5) is 4.79 Å². The molecule has 2 atom stereocenters. The molecule has 1 aliphatic carbocycles. The largest absolute Gasteiger partial charge is 0.480 e. The van der Waals surface area contributed by atoms with Gasteiger partial charge in [-0.25, -0.2) is 9.59 Å². The van der Waals surface area contributed by atoms with Crippen LogP contribution in [0.2, 0.25) is 0 Å². The van der Waals surface area contributed by atoms with E-state index in [1.807, 2.05) is 36.4 Å². The van der Waals surface area contributed by atoms with Crippen LogP contribution in [0.5, 0.6) is 0 Å². The fourth-order valence-corrected chi connectivity index (χ4v) is 3.75. The maximum absolute atomic E-state index is 12.4. The summed E-state index contributed by atoms with van der Waals surface area (Å²) in [6.45, 7) is 3.54. The molecule has 7 nitrogen and oxygen atoms in total. The van der Waals surface area contributed by atoms with Gasteiger partial charge in [0.1, 0.15) is 18.7 Å². The molecule has 0 aromatic heterocycles. The number of hydrogen-bond donors (Lipinski definition) is 3. The molecule has 7 heteroatoms. The van der Waals surface area contributed by atoms with E-state index in [4.69, 9.17) is 9.84 Å². The highest BCUT2D eigenvalue weighted by molar-refractivity contribution is 5.89. The van der Waals surface area contributed by atoms with E-state index in [2.05, 4.69) is 22.8 Å². The van der Waals surface area contributed by atoms with E-state index >= 15 is 0 Å². The molecule has 3 rings (SSSR count). The average Bonchev–Trinajstić information content (AvgIpc) is 3.07. The van der Waals surface area contributed by atoms with E-state index in [1.165, 1.54) is 0 Å². The molecule has 3 N–H and O–H groups in total. The number of rotatable bonds is 8. The Kier molecular flexibility index (Phi) is 6.72. The Morgan fingerprint density at radius 2 is 1.43 bits per heavy atom. The minimum absolute atomic E-state index is 0.0754. The lowest BCUT2D eigenvalue weighted by atomic mass is 9.98. The SMILES string of the molecule is CC[C@H](NC(=O)[C@H](CC)NC(=O)OCC1c2ccccc2-c2ccccc21)C(=O)O. The van der Waals surface area contributed by atoms with Crippen molar-refractivity contribution < 1.29 is 24.2 Å². The number of hydrogen-bond acceptors (Lipinski definition) is 4. The molecule has 2 aromatic rings. The zero-order valence-electron chi connectivity index (χ0n) is 17.1. The molecule has 0 fully saturated rings. The van der Waals surface area contributed by atoms with Gasteiger partial charge in [-0.05, 0) is 35.1 Å². The Balaban J connectivity index is 1.63. The van der Waals surface area contributed by atoms with Gasteiger partial charge in [-0.3, -0.25) is 4.79 Å². The molecule has 0 saturated heterocycles. The molecule has 0 spiro atoms. The van der Waals surface area contributed by atoms with Gasteiger partial charge >= 0.3 is 12.1 Å². The van der Waals surface area contributed by atoms with Crippen molar-refractivity contribution in [3.8, 4) is 11.1 Å². The highest BCUT2D eigenvalue weighted by Gasteiger charge is 2.30. The summed E-state index contributed by atoms with van der Waals surface area (Å²) in [5, 5.41) is 14.1. The van der Waals surface area contributed by atoms with Crippen molar-refractivity contribution in [1.82, 2.24) is 10.6 Å². The predicted octanol–water partition coefficient (Wildman–Crippen LogP) is 3.28. The summed E-state index contributed by atoms with van der Waals surface area (Å²) in [4.78, 5) is 35.8. The Bertz CT molecular complexity index is 897. The second-order valence-corrected chi connectivity index (χ2v) is 7.24. The second kappa shape index (κ2) is 9.43. The minimum Gasteiger partial charge on any atom is -0.480 e. The average molecular weight is 410 g/mol. The number of aliphatic carboxylic acids is 1. The van der Waals surface area contributed by atoms with Crippen molar-refractivity contribution in [1.29, 1.82) is 0 Å². The molecular formula is C23H26N2O5. The Morgan fingerprint density at radius 1 is 0.900 bits per heavy atom. The van der Waals surface area contributed by atoms with E-state index in [1.54, 1.807) is 13.8 Å². The van der Waals surface area contributed by atoms with Gasteiger partial charge in [0, 0.05) is 5.92 Å². The predicted molar refractivity (Wildman–Crippen MR) is 112 cm³/mol. The van der Waals surface area contributed by atoms with Crippen molar-refractivity contribution in [2.24, 2.45) is 0 Å². The van der Waals surface area contributed by atoms with Crippen LogP contribution in [-0.2, 0) is 14.3 Å². The summed E-state index contributed by atoms with van der Waals surface area (Å²) in [5.41, 5.74) is 4.46. The number of carbonyl (C=O) groups excluding carboxylic acids is 2. The van der Waals surface area contributed by atoms with E-state index in [0.717, 1.165) is 22.3 Å². The number of nitrogens with one attached hydrogen (secondary N) is 2. The van der Waals surface area contributed by atoms with Crippen molar-refractivity contribution in [3.63, 3.8) is 0 Å². The highest BCUT2D eigenvalue weighted by Crippen LogP contribution is 2.44. The minimum atomic E-state index is -1.11. The summed E-state index contributed by atoms with van der Waals surface area (Å²) in [5.74, 6) is -1.73. The van der Waals surface area contributed by atoms with Crippen molar-refractivity contribution >= 4 is 18.0 Å². The van der Waals surface area contributed by atoms with Crippen molar-refractivity contribution in [2.45, 2.75) is 44.7 Å². The number of carbonyl (C=O) groups is 3. The Hall–Kier alpha value is -3.35. The van der Waals surface area contributed by atoms with Crippen LogP contribution in [0.3, 0.4) is 0 Å². The lowest BCUT2D eigenvalue weighted by molar-refractivity contribution is -0.142.